The quantitative estimate of drug-likeness (QED) is 0.775. The van der Waals surface area contributed by atoms with Gasteiger partial charge in [-0.3, -0.25) is 0 Å². The molecule has 0 saturated heterocycles. The van der Waals surface area contributed by atoms with Crippen LogP contribution in [0, 0.1) is 13.8 Å². The summed E-state index contributed by atoms with van der Waals surface area (Å²) < 4.78 is 6.03. The second-order valence-corrected chi connectivity index (χ2v) is 6.45. The Bertz CT molecular complexity index is 393. The van der Waals surface area contributed by atoms with Gasteiger partial charge in [-0.1, -0.05) is 12.1 Å². The van der Waals surface area contributed by atoms with Gasteiger partial charge in [0, 0.05) is 5.54 Å². The van der Waals surface area contributed by atoms with Crippen LogP contribution in [0.5, 0.6) is 5.75 Å². The second-order valence-electron chi connectivity index (χ2n) is 6.45. The third-order valence-corrected chi connectivity index (χ3v) is 3.33. The molecule has 0 bridgehead atoms. The van der Waals surface area contributed by atoms with Crippen LogP contribution in [0.1, 0.15) is 51.7 Å². The lowest BCUT2D eigenvalue weighted by atomic mass is 10.1. The van der Waals surface area contributed by atoms with E-state index < -0.39 is 0 Å². The van der Waals surface area contributed by atoms with E-state index in [4.69, 9.17) is 4.74 Å². The molecule has 0 aliphatic heterocycles. The van der Waals surface area contributed by atoms with Gasteiger partial charge in [0.2, 0.25) is 0 Å². The maximum absolute atomic E-state index is 6.03. The largest absolute Gasteiger partial charge is 0.490 e. The minimum atomic E-state index is 0.206. The molecule has 19 heavy (non-hydrogen) atoms. The number of benzene rings is 1. The number of rotatable bonds is 6. The molecule has 0 amide bonds. The summed E-state index contributed by atoms with van der Waals surface area (Å²) in [5, 5.41) is 3.51. The molecule has 1 atom stereocenters. The fourth-order valence-electron chi connectivity index (χ4n) is 1.98. The van der Waals surface area contributed by atoms with Crippen molar-refractivity contribution in [2.45, 2.75) is 66.0 Å². The van der Waals surface area contributed by atoms with Gasteiger partial charge in [0.05, 0.1) is 6.10 Å². The summed E-state index contributed by atoms with van der Waals surface area (Å²) in [6.07, 6.45) is 2.49. The summed E-state index contributed by atoms with van der Waals surface area (Å²) in [5.41, 5.74) is 2.75. The van der Waals surface area contributed by atoms with Crippen LogP contribution in [0.3, 0.4) is 0 Å². The summed E-state index contributed by atoms with van der Waals surface area (Å²) in [7, 11) is 0. The maximum atomic E-state index is 6.03. The third-order valence-electron chi connectivity index (χ3n) is 3.33. The predicted molar refractivity (Wildman–Crippen MR) is 83.0 cm³/mol. The molecule has 0 spiro atoms. The van der Waals surface area contributed by atoms with Crippen LogP contribution in [-0.4, -0.2) is 18.2 Å². The van der Waals surface area contributed by atoms with E-state index in [1.54, 1.807) is 0 Å². The van der Waals surface area contributed by atoms with Crippen LogP contribution in [0.15, 0.2) is 18.2 Å². The van der Waals surface area contributed by atoms with E-state index >= 15 is 0 Å². The first-order chi connectivity index (χ1) is 8.79. The number of aryl methyl sites for hydroxylation is 1. The number of hydrogen-bond donors (Lipinski definition) is 1. The van der Waals surface area contributed by atoms with Crippen LogP contribution in [-0.2, 0) is 0 Å². The average Bonchev–Trinajstić information content (AvgIpc) is 2.29. The minimum Gasteiger partial charge on any atom is -0.490 e. The highest BCUT2D eigenvalue weighted by Gasteiger charge is 2.10. The molecule has 1 unspecified atom stereocenters. The zero-order valence-corrected chi connectivity index (χ0v) is 13.3. The Morgan fingerprint density at radius 3 is 2.53 bits per heavy atom. The Morgan fingerprint density at radius 2 is 1.89 bits per heavy atom. The molecule has 1 aromatic carbocycles. The normalized spacial score (nSPS) is 13.4. The predicted octanol–water partition coefficient (Wildman–Crippen LogP) is 4.24. The number of ether oxygens (including phenoxy) is 1. The summed E-state index contributed by atoms with van der Waals surface area (Å²) in [4.78, 5) is 0. The van der Waals surface area contributed by atoms with Crippen molar-refractivity contribution < 1.29 is 4.74 Å². The lowest BCUT2D eigenvalue weighted by Gasteiger charge is -2.22. The summed E-state index contributed by atoms with van der Waals surface area (Å²) in [5.74, 6) is 1.02. The monoisotopic (exact) mass is 263 g/mol. The smallest absolute Gasteiger partial charge is 0.122 e. The standard InChI is InChI=1S/C17H29NO/c1-13-9-7-11-16(15(13)3)19-14(2)10-8-12-18-17(4,5)6/h7,9,11,14,18H,8,10,12H2,1-6H3. The first-order valence-electron chi connectivity index (χ1n) is 7.27. The van der Waals surface area contributed by atoms with Crippen LogP contribution in [0.4, 0.5) is 0 Å². The van der Waals surface area contributed by atoms with Gasteiger partial charge in [-0.2, -0.15) is 0 Å². The SMILES string of the molecule is Cc1cccc(OC(C)CCCNC(C)(C)C)c1C. The molecule has 0 saturated carbocycles. The van der Waals surface area contributed by atoms with Crippen molar-refractivity contribution in [1.82, 2.24) is 5.32 Å². The molecule has 108 valence electrons. The molecule has 0 fully saturated rings. The average molecular weight is 263 g/mol. The number of hydrogen-bond acceptors (Lipinski definition) is 2. The molecular formula is C17H29NO. The Hall–Kier alpha value is -1.02. The lowest BCUT2D eigenvalue weighted by molar-refractivity contribution is 0.204. The first kappa shape index (κ1) is 16.0. The van der Waals surface area contributed by atoms with Gasteiger partial charge in [-0.05, 0) is 78.1 Å². The molecule has 0 aliphatic rings. The Kier molecular flexibility index (Phi) is 5.86. The Balaban J connectivity index is 2.35. The topological polar surface area (TPSA) is 21.3 Å². The summed E-state index contributed by atoms with van der Waals surface area (Å²) in [6.45, 7) is 14.0. The van der Waals surface area contributed by atoms with Crippen molar-refractivity contribution in [2.24, 2.45) is 0 Å². The van der Waals surface area contributed by atoms with Gasteiger partial charge >= 0.3 is 0 Å². The zero-order valence-electron chi connectivity index (χ0n) is 13.3. The fraction of sp³-hybridized carbons (Fsp3) is 0.647. The van der Waals surface area contributed by atoms with Crippen molar-refractivity contribution in [3.8, 4) is 5.75 Å². The van der Waals surface area contributed by atoms with E-state index in [0.29, 0.717) is 0 Å². The van der Waals surface area contributed by atoms with Gasteiger partial charge in [-0.25, -0.2) is 0 Å². The highest BCUT2D eigenvalue weighted by molar-refractivity contribution is 5.38. The van der Waals surface area contributed by atoms with Gasteiger partial charge < -0.3 is 10.1 Å². The van der Waals surface area contributed by atoms with Gasteiger partial charge in [0.25, 0.3) is 0 Å². The van der Waals surface area contributed by atoms with E-state index in [-0.39, 0.29) is 11.6 Å². The summed E-state index contributed by atoms with van der Waals surface area (Å²) in [6, 6.07) is 6.25. The molecule has 1 aromatic rings. The van der Waals surface area contributed by atoms with Crippen LogP contribution in [0.25, 0.3) is 0 Å². The van der Waals surface area contributed by atoms with E-state index in [2.05, 4.69) is 65.1 Å². The van der Waals surface area contributed by atoms with Gasteiger partial charge in [-0.15, -0.1) is 0 Å². The molecule has 0 radical (unpaired) electrons. The molecule has 0 heterocycles. The van der Waals surface area contributed by atoms with Crippen LogP contribution < -0.4 is 10.1 Å². The second kappa shape index (κ2) is 6.95. The fourth-order valence-corrected chi connectivity index (χ4v) is 1.98. The van der Waals surface area contributed by atoms with E-state index in [1.807, 2.05) is 0 Å². The maximum Gasteiger partial charge on any atom is 0.122 e. The van der Waals surface area contributed by atoms with E-state index in [9.17, 15) is 0 Å². The highest BCUT2D eigenvalue weighted by atomic mass is 16.5. The summed E-state index contributed by atoms with van der Waals surface area (Å²) >= 11 is 0. The highest BCUT2D eigenvalue weighted by Crippen LogP contribution is 2.22. The van der Waals surface area contributed by atoms with E-state index in [1.165, 1.54) is 11.1 Å². The van der Waals surface area contributed by atoms with Crippen LogP contribution in [0.2, 0.25) is 0 Å². The van der Waals surface area contributed by atoms with Gasteiger partial charge in [0.15, 0.2) is 0 Å². The van der Waals surface area contributed by atoms with E-state index in [0.717, 1.165) is 25.1 Å². The van der Waals surface area contributed by atoms with Crippen LogP contribution >= 0.6 is 0 Å². The van der Waals surface area contributed by atoms with Crippen molar-refractivity contribution in [1.29, 1.82) is 0 Å². The van der Waals surface area contributed by atoms with Crippen molar-refractivity contribution in [3.05, 3.63) is 29.3 Å². The first-order valence-corrected chi connectivity index (χ1v) is 7.27. The Morgan fingerprint density at radius 1 is 1.21 bits per heavy atom. The molecule has 1 rings (SSSR count). The Labute approximate surface area is 118 Å². The molecule has 2 nitrogen and oxygen atoms in total. The van der Waals surface area contributed by atoms with Gasteiger partial charge in [0.1, 0.15) is 5.75 Å². The molecule has 0 aromatic heterocycles. The molecule has 2 heteroatoms. The van der Waals surface area contributed by atoms with Crippen molar-refractivity contribution >= 4 is 0 Å². The zero-order chi connectivity index (χ0) is 14.5. The minimum absolute atomic E-state index is 0.206. The van der Waals surface area contributed by atoms with Crippen molar-refractivity contribution in [2.75, 3.05) is 6.54 Å². The van der Waals surface area contributed by atoms with Crippen molar-refractivity contribution in [3.63, 3.8) is 0 Å². The third kappa shape index (κ3) is 6.11. The lowest BCUT2D eigenvalue weighted by Crippen LogP contribution is -2.36. The number of nitrogens with one attached hydrogen (secondary N) is 1. The molecule has 0 aliphatic carbocycles. The molecular weight excluding hydrogens is 234 g/mol. The molecule has 1 N–H and O–H groups in total.